The van der Waals surface area contributed by atoms with Crippen molar-refractivity contribution in [2.24, 2.45) is 5.73 Å². The minimum Gasteiger partial charge on any atom is -0.326 e. The third kappa shape index (κ3) is 1.65. The summed E-state index contributed by atoms with van der Waals surface area (Å²) in [4.78, 5) is 2.22. The second-order valence-electron chi connectivity index (χ2n) is 3.93. The maximum atomic E-state index is 12.7. The third-order valence-electron chi connectivity index (χ3n) is 2.91. The van der Waals surface area contributed by atoms with E-state index in [-0.39, 0.29) is 17.9 Å². The first-order valence-corrected chi connectivity index (χ1v) is 4.90. The third-order valence-corrected chi connectivity index (χ3v) is 2.91. The molecule has 0 aliphatic carbocycles. The van der Waals surface area contributed by atoms with E-state index in [1.165, 1.54) is 12.1 Å². The van der Waals surface area contributed by atoms with Crippen LogP contribution in [0.4, 0.5) is 4.39 Å². The molecule has 1 fully saturated rings. The van der Waals surface area contributed by atoms with E-state index in [1.807, 2.05) is 12.1 Å². The standard InChI is InChI=1S/C11H15FN2/c1-14-7-6-10(13)11(14)8-2-4-9(12)5-3-8/h2-5,10-11H,6-7,13H2,1H3. The Hall–Kier alpha value is -0.930. The lowest BCUT2D eigenvalue weighted by molar-refractivity contribution is 0.304. The Morgan fingerprint density at radius 2 is 2.00 bits per heavy atom. The summed E-state index contributed by atoms with van der Waals surface area (Å²) in [6.45, 7) is 1.02. The van der Waals surface area contributed by atoms with E-state index in [4.69, 9.17) is 5.73 Å². The topological polar surface area (TPSA) is 29.3 Å². The van der Waals surface area contributed by atoms with Gasteiger partial charge in [-0.05, 0) is 31.2 Å². The molecule has 0 amide bonds. The van der Waals surface area contributed by atoms with Gasteiger partial charge in [-0.2, -0.15) is 0 Å². The van der Waals surface area contributed by atoms with Crippen molar-refractivity contribution in [2.75, 3.05) is 13.6 Å². The summed E-state index contributed by atoms with van der Waals surface area (Å²) in [5.41, 5.74) is 7.11. The summed E-state index contributed by atoms with van der Waals surface area (Å²) in [5, 5.41) is 0. The van der Waals surface area contributed by atoms with Crippen LogP contribution in [0.1, 0.15) is 18.0 Å². The molecule has 2 atom stereocenters. The van der Waals surface area contributed by atoms with E-state index in [2.05, 4.69) is 11.9 Å². The smallest absolute Gasteiger partial charge is 0.123 e. The van der Waals surface area contributed by atoms with Gasteiger partial charge in [0.05, 0.1) is 0 Å². The first kappa shape index (κ1) is 9.62. The molecule has 1 saturated heterocycles. The van der Waals surface area contributed by atoms with Gasteiger partial charge in [-0.3, -0.25) is 4.90 Å². The molecule has 2 rings (SSSR count). The molecule has 1 aromatic rings. The second kappa shape index (κ2) is 3.67. The minimum atomic E-state index is -0.192. The predicted molar refractivity (Wildman–Crippen MR) is 54.4 cm³/mol. The monoisotopic (exact) mass is 194 g/mol. The van der Waals surface area contributed by atoms with E-state index in [0.29, 0.717) is 0 Å². The number of hydrogen-bond donors (Lipinski definition) is 1. The SMILES string of the molecule is CN1CCC(N)C1c1ccc(F)cc1. The van der Waals surface area contributed by atoms with Crippen LogP contribution in [0.25, 0.3) is 0 Å². The predicted octanol–water partition coefficient (Wildman–Crippen LogP) is 1.53. The molecule has 0 radical (unpaired) electrons. The molecule has 0 aromatic heterocycles. The van der Waals surface area contributed by atoms with Crippen LogP contribution in [-0.2, 0) is 0 Å². The molecule has 1 aliphatic rings. The van der Waals surface area contributed by atoms with Crippen molar-refractivity contribution in [2.45, 2.75) is 18.5 Å². The van der Waals surface area contributed by atoms with Crippen LogP contribution < -0.4 is 5.73 Å². The van der Waals surface area contributed by atoms with E-state index in [0.717, 1.165) is 18.5 Å². The van der Waals surface area contributed by atoms with E-state index in [1.54, 1.807) is 0 Å². The highest BCUT2D eigenvalue weighted by atomic mass is 19.1. The largest absolute Gasteiger partial charge is 0.326 e. The number of likely N-dealkylation sites (tertiary alicyclic amines) is 1. The molecule has 3 heteroatoms. The highest BCUT2D eigenvalue weighted by Gasteiger charge is 2.29. The summed E-state index contributed by atoms with van der Waals surface area (Å²) in [6.07, 6.45) is 1.01. The number of rotatable bonds is 1. The Morgan fingerprint density at radius 3 is 2.50 bits per heavy atom. The van der Waals surface area contributed by atoms with Crippen LogP contribution in [0, 0.1) is 5.82 Å². The van der Waals surface area contributed by atoms with Crippen LogP contribution in [0.2, 0.25) is 0 Å². The van der Waals surface area contributed by atoms with Gasteiger partial charge in [-0.1, -0.05) is 12.1 Å². The van der Waals surface area contributed by atoms with Crippen LogP contribution in [0.3, 0.4) is 0 Å². The first-order valence-electron chi connectivity index (χ1n) is 4.90. The molecular weight excluding hydrogens is 179 g/mol. The normalized spacial score (nSPS) is 28.2. The number of nitrogens with two attached hydrogens (primary N) is 1. The Morgan fingerprint density at radius 1 is 1.36 bits per heavy atom. The highest BCUT2D eigenvalue weighted by Crippen LogP contribution is 2.29. The van der Waals surface area contributed by atoms with Gasteiger partial charge in [0.15, 0.2) is 0 Å². The van der Waals surface area contributed by atoms with Crippen molar-refractivity contribution in [1.82, 2.24) is 4.90 Å². The Balaban J connectivity index is 2.25. The molecule has 1 aromatic carbocycles. The van der Waals surface area contributed by atoms with Crippen molar-refractivity contribution >= 4 is 0 Å². The summed E-state index contributed by atoms with van der Waals surface area (Å²) in [5.74, 6) is -0.192. The van der Waals surface area contributed by atoms with Crippen molar-refractivity contribution < 1.29 is 4.39 Å². The van der Waals surface area contributed by atoms with Crippen LogP contribution >= 0.6 is 0 Å². The summed E-state index contributed by atoms with van der Waals surface area (Å²) >= 11 is 0. The molecule has 0 bridgehead atoms. The molecular formula is C11H15FN2. The lowest BCUT2D eigenvalue weighted by atomic mass is 10.0. The summed E-state index contributed by atoms with van der Waals surface area (Å²) < 4.78 is 12.7. The van der Waals surface area contributed by atoms with Crippen LogP contribution in [0.15, 0.2) is 24.3 Å². The van der Waals surface area contributed by atoms with Gasteiger partial charge < -0.3 is 5.73 Å². The molecule has 1 heterocycles. The number of nitrogens with zero attached hydrogens (tertiary/aromatic N) is 1. The van der Waals surface area contributed by atoms with Crippen molar-refractivity contribution in [3.63, 3.8) is 0 Å². The number of hydrogen-bond acceptors (Lipinski definition) is 2. The van der Waals surface area contributed by atoms with Gasteiger partial charge in [0.2, 0.25) is 0 Å². The molecule has 0 saturated carbocycles. The number of halogens is 1. The van der Waals surface area contributed by atoms with E-state index >= 15 is 0 Å². The van der Waals surface area contributed by atoms with Gasteiger partial charge in [0.25, 0.3) is 0 Å². The fraction of sp³-hybridized carbons (Fsp3) is 0.455. The van der Waals surface area contributed by atoms with Crippen molar-refractivity contribution in [3.05, 3.63) is 35.6 Å². The number of likely N-dealkylation sites (N-methyl/N-ethyl adjacent to an activating group) is 1. The highest BCUT2D eigenvalue weighted by molar-refractivity contribution is 5.22. The molecule has 0 spiro atoms. The van der Waals surface area contributed by atoms with E-state index < -0.39 is 0 Å². The van der Waals surface area contributed by atoms with Crippen LogP contribution in [0.5, 0.6) is 0 Å². The van der Waals surface area contributed by atoms with Gasteiger partial charge in [0.1, 0.15) is 5.82 Å². The van der Waals surface area contributed by atoms with Gasteiger partial charge in [0, 0.05) is 18.6 Å². The van der Waals surface area contributed by atoms with E-state index in [9.17, 15) is 4.39 Å². The Kier molecular flexibility index (Phi) is 2.52. The number of benzene rings is 1. The lowest BCUT2D eigenvalue weighted by Crippen LogP contribution is -2.29. The lowest BCUT2D eigenvalue weighted by Gasteiger charge is -2.23. The van der Waals surface area contributed by atoms with Crippen molar-refractivity contribution in [1.29, 1.82) is 0 Å². The minimum absolute atomic E-state index is 0.172. The van der Waals surface area contributed by atoms with Gasteiger partial charge >= 0.3 is 0 Å². The molecule has 2 unspecified atom stereocenters. The Labute approximate surface area is 83.5 Å². The fourth-order valence-electron chi connectivity index (χ4n) is 2.14. The maximum Gasteiger partial charge on any atom is 0.123 e. The zero-order chi connectivity index (χ0) is 10.1. The molecule has 2 N–H and O–H groups in total. The van der Waals surface area contributed by atoms with Gasteiger partial charge in [-0.15, -0.1) is 0 Å². The zero-order valence-corrected chi connectivity index (χ0v) is 8.28. The average Bonchev–Trinajstić information content (AvgIpc) is 2.49. The molecule has 2 nitrogen and oxygen atoms in total. The van der Waals surface area contributed by atoms with Crippen molar-refractivity contribution in [3.8, 4) is 0 Å². The molecule has 1 aliphatic heterocycles. The summed E-state index contributed by atoms with van der Waals surface area (Å²) in [6, 6.07) is 7.05. The van der Waals surface area contributed by atoms with Crippen LogP contribution in [-0.4, -0.2) is 24.5 Å². The van der Waals surface area contributed by atoms with Gasteiger partial charge in [-0.25, -0.2) is 4.39 Å². The zero-order valence-electron chi connectivity index (χ0n) is 8.28. The molecule has 14 heavy (non-hydrogen) atoms. The second-order valence-corrected chi connectivity index (χ2v) is 3.93. The molecule has 76 valence electrons. The summed E-state index contributed by atoms with van der Waals surface area (Å²) in [7, 11) is 2.06. The maximum absolute atomic E-state index is 12.7. The fourth-order valence-corrected chi connectivity index (χ4v) is 2.14. The quantitative estimate of drug-likeness (QED) is 0.734. The Bertz CT molecular complexity index is 300. The first-order chi connectivity index (χ1) is 6.68. The average molecular weight is 194 g/mol.